The van der Waals surface area contributed by atoms with Crippen LogP contribution < -0.4 is 5.32 Å². The van der Waals surface area contributed by atoms with Gasteiger partial charge in [0.25, 0.3) is 0 Å². The van der Waals surface area contributed by atoms with Crippen LogP contribution in [0.4, 0.5) is 0 Å². The number of hydrogen-bond acceptors (Lipinski definition) is 4. The number of aromatic amines is 1. The number of nitrogens with zero attached hydrogens (tertiary/aromatic N) is 2. The number of fused-ring (bicyclic) bond motifs is 1. The summed E-state index contributed by atoms with van der Waals surface area (Å²) in [7, 11) is 0. The van der Waals surface area contributed by atoms with Gasteiger partial charge in [0.05, 0.1) is 23.1 Å². The van der Waals surface area contributed by atoms with E-state index in [1.54, 1.807) is 0 Å². The maximum Gasteiger partial charge on any atom is 0.241 e. The van der Waals surface area contributed by atoms with Crippen LogP contribution >= 0.6 is 0 Å². The van der Waals surface area contributed by atoms with Crippen molar-refractivity contribution in [2.45, 2.75) is 39.2 Å². The molecule has 0 spiro atoms. The van der Waals surface area contributed by atoms with Crippen LogP contribution in [-0.4, -0.2) is 29.1 Å². The van der Waals surface area contributed by atoms with Gasteiger partial charge >= 0.3 is 0 Å². The van der Waals surface area contributed by atoms with E-state index in [2.05, 4.69) is 21.4 Å². The van der Waals surface area contributed by atoms with Gasteiger partial charge in [0.2, 0.25) is 5.91 Å². The molecule has 1 amide bonds. The second-order valence-electron chi connectivity index (χ2n) is 6.38. The summed E-state index contributed by atoms with van der Waals surface area (Å²) >= 11 is 0. The van der Waals surface area contributed by atoms with E-state index in [0.717, 1.165) is 22.4 Å². The molecular formula is C18H22N4O2. The highest BCUT2D eigenvalue weighted by molar-refractivity contribution is 5.86. The Kier molecular flexibility index (Phi) is 4.54. The molecule has 24 heavy (non-hydrogen) atoms. The van der Waals surface area contributed by atoms with Crippen LogP contribution in [-0.2, 0) is 9.53 Å². The number of carbonyl (C=O) groups is 1. The summed E-state index contributed by atoms with van der Waals surface area (Å²) in [5, 5.41) is 12.5. The molecule has 2 aromatic rings. The molecule has 0 bridgehead atoms. The quantitative estimate of drug-likeness (QED) is 0.904. The molecular weight excluding hydrogens is 304 g/mol. The van der Waals surface area contributed by atoms with Crippen molar-refractivity contribution in [2.75, 3.05) is 13.2 Å². The van der Waals surface area contributed by atoms with Crippen molar-refractivity contribution in [3.05, 3.63) is 29.6 Å². The summed E-state index contributed by atoms with van der Waals surface area (Å²) in [4.78, 5) is 20.6. The number of rotatable bonds is 4. The van der Waals surface area contributed by atoms with Crippen molar-refractivity contribution >= 4 is 16.9 Å². The molecule has 2 heterocycles. The molecule has 6 nitrogen and oxygen atoms in total. The van der Waals surface area contributed by atoms with Crippen molar-refractivity contribution in [3.63, 3.8) is 0 Å². The first-order valence-electron chi connectivity index (χ1n) is 8.34. The minimum absolute atomic E-state index is 0.225. The molecule has 6 heteroatoms. The number of amides is 1. The number of ether oxygens (including phenoxy) is 1. The Hall–Kier alpha value is -2.39. The number of carbonyl (C=O) groups excluding carboxylic acids is 1. The number of H-pyrrole nitrogens is 1. The van der Waals surface area contributed by atoms with Gasteiger partial charge in [-0.1, -0.05) is 13.0 Å². The van der Waals surface area contributed by atoms with Crippen LogP contribution in [0.2, 0.25) is 0 Å². The highest BCUT2D eigenvalue weighted by Gasteiger charge is 2.41. The van der Waals surface area contributed by atoms with E-state index in [0.29, 0.717) is 32.5 Å². The van der Waals surface area contributed by atoms with E-state index in [9.17, 15) is 10.1 Å². The van der Waals surface area contributed by atoms with Gasteiger partial charge in [-0.05, 0) is 43.9 Å². The van der Waals surface area contributed by atoms with E-state index in [4.69, 9.17) is 4.74 Å². The predicted molar refractivity (Wildman–Crippen MR) is 90.1 cm³/mol. The lowest BCUT2D eigenvalue weighted by Gasteiger charge is -2.30. The zero-order valence-corrected chi connectivity index (χ0v) is 14.1. The molecule has 1 unspecified atom stereocenters. The summed E-state index contributed by atoms with van der Waals surface area (Å²) in [5.41, 5.74) is 2.00. The van der Waals surface area contributed by atoms with Crippen molar-refractivity contribution in [3.8, 4) is 6.07 Å². The number of aromatic nitrogens is 2. The lowest BCUT2D eigenvalue weighted by Crippen LogP contribution is -2.45. The SMILES string of the molecule is CCC(NC(=O)C1(C#N)CCOCC1)c1nc2ccc(C)cc2[nH]1. The number of nitrogens with one attached hydrogen (secondary N) is 2. The van der Waals surface area contributed by atoms with Crippen LogP contribution in [0.25, 0.3) is 11.0 Å². The van der Waals surface area contributed by atoms with Gasteiger partial charge < -0.3 is 15.0 Å². The number of nitriles is 1. The first-order valence-corrected chi connectivity index (χ1v) is 8.34. The Labute approximate surface area is 141 Å². The highest BCUT2D eigenvalue weighted by atomic mass is 16.5. The molecule has 1 fully saturated rings. The van der Waals surface area contributed by atoms with Crippen molar-refractivity contribution in [1.29, 1.82) is 5.26 Å². The monoisotopic (exact) mass is 326 g/mol. The summed E-state index contributed by atoms with van der Waals surface area (Å²) < 4.78 is 5.29. The summed E-state index contributed by atoms with van der Waals surface area (Å²) in [6.07, 6.45) is 1.57. The van der Waals surface area contributed by atoms with E-state index in [1.165, 1.54) is 0 Å². The Morgan fingerprint density at radius 3 is 2.92 bits per heavy atom. The molecule has 2 N–H and O–H groups in total. The first kappa shape index (κ1) is 16.5. The van der Waals surface area contributed by atoms with Gasteiger partial charge in [-0.15, -0.1) is 0 Å². The fraction of sp³-hybridized carbons (Fsp3) is 0.500. The molecule has 126 valence electrons. The molecule has 0 saturated carbocycles. The van der Waals surface area contributed by atoms with Gasteiger partial charge in [0.15, 0.2) is 0 Å². The van der Waals surface area contributed by atoms with Crippen LogP contribution in [0.15, 0.2) is 18.2 Å². The second-order valence-corrected chi connectivity index (χ2v) is 6.38. The van der Waals surface area contributed by atoms with Gasteiger partial charge in [-0.2, -0.15) is 5.26 Å². The van der Waals surface area contributed by atoms with E-state index < -0.39 is 5.41 Å². The molecule has 1 aliphatic heterocycles. The standard InChI is InChI=1S/C18H22N4O2/c1-3-13(16-20-14-5-4-12(2)10-15(14)21-16)22-17(23)18(11-19)6-8-24-9-7-18/h4-5,10,13H,3,6-9H2,1-2H3,(H,20,21)(H,22,23). The Morgan fingerprint density at radius 2 is 2.25 bits per heavy atom. The lowest BCUT2D eigenvalue weighted by atomic mass is 9.80. The minimum Gasteiger partial charge on any atom is -0.381 e. The number of aryl methyl sites for hydroxylation is 1. The lowest BCUT2D eigenvalue weighted by molar-refractivity contribution is -0.133. The van der Waals surface area contributed by atoms with Crippen LogP contribution in [0.3, 0.4) is 0 Å². The third kappa shape index (κ3) is 3.00. The molecule has 1 aromatic carbocycles. The number of imidazole rings is 1. The fourth-order valence-electron chi connectivity index (χ4n) is 3.08. The predicted octanol–water partition coefficient (Wildman–Crippen LogP) is 2.76. The molecule has 0 aliphatic carbocycles. The van der Waals surface area contributed by atoms with Crippen molar-refractivity contribution in [1.82, 2.24) is 15.3 Å². The average Bonchev–Trinajstić information content (AvgIpc) is 3.02. The number of hydrogen-bond donors (Lipinski definition) is 2. The maximum absolute atomic E-state index is 12.7. The van der Waals surface area contributed by atoms with Crippen molar-refractivity contribution in [2.24, 2.45) is 5.41 Å². The van der Waals surface area contributed by atoms with Gasteiger partial charge in [-0.25, -0.2) is 4.98 Å². The van der Waals surface area contributed by atoms with Gasteiger partial charge in [0, 0.05) is 13.2 Å². The molecule has 1 saturated heterocycles. The van der Waals surface area contributed by atoms with Gasteiger partial charge in [0.1, 0.15) is 11.2 Å². The topological polar surface area (TPSA) is 90.8 Å². The molecule has 1 aromatic heterocycles. The van der Waals surface area contributed by atoms with Crippen LogP contribution in [0, 0.1) is 23.7 Å². The Balaban J connectivity index is 1.82. The maximum atomic E-state index is 12.7. The van der Waals surface area contributed by atoms with Gasteiger partial charge in [-0.3, -0.25) is 4.79 Å². The zero-order valence-electron chi connectivity index (χ0n) is 14.1. The average molecular weight is 326 g/mol. The number of benzene rings is 1. The smallest absolute Gasteiger partial charge is 0.241 e. The van der Waals surface area contributed by atoms with E-state index in [1.807, 2.05) is 32.0 Å². The summed E-state index contributed by atoms with van der Waals surface area (Å²) in [5.74, 6) is 0.503. The normalized spacial score (nSPS) is 18.0. The van der Waals surface area contributed by atoms with Crippen LogP contribution in [0.5, 0.6) is 0 Å². The third-order valence-corrected chi connectivity index (χ3v) is 4.69. The second kappa shape index (κ2) is 6.62. The minimum atomic E-state index is -0.992. The summed E-state index contributed by atoms with van der Waals surface area (Å²) in [6.45, 7) is 4.91. The molecule has 3 rings (SSSR count). The fourth-order valence-corrected chi connectivity index (χ4v) is 3.08. The third-order valence-electron chi connectivity index (χ3n) is 4.69. The Bertz CT molecular complexity index is 784. The molecule has 1 aliphatic rings. The van der Waals surface area contributed by atoms with Crippen LogP contribution in [0.1, 0.15) is 43.6 Å². The molecule has 0 radical (unpaired) electrons. The molecule has 1 atom stereocenters. The summed E-state index contributed by atoms with van der Waals surface area (Å²) in [6, 6.07) is 7.99. The van der Waals surface area contributed by atoms with Crippen molar-refractivity contribution < 1.29 is 9.53 Å². The van der Waals surface area contributed by atoms with E-state index in [-0.39, 0.29) is 11.9 Å². The largest absolute Gasteiger partial charge is 0.381 e. The highest BCUT2D eigenvalue weighted by Crippen LogP contribution is 2.31. The first-order chi connectivity index (χ1) is 11.6. The Morgan fingerprint density at radius 1 is 1.50 bits per heavy atom. The zero-order chi connectivity index (χ0) is 17.2. The van der Waals surface area contributed by atoms with E-state index >= 15 is 0 Å².